The number of aryl methyl sites for hydroxylation is 2. The molecule has 0 aliphatic heterocycles. The quantitative estimate of drug-likeness (QED) is 0.911. The van der Waals surface area contributed by atoms with Crippen LogP contribution in [0.25, 0.3) is 0 Å². The smallest absolute Gasteiger partial charge is 0.319 e. The first-order chi connectivity index (χ1) is 9.95. The Hall–Kier alpha value is -2.15. The van der Waals surface area contributed by atoms with Crippen molar-refractivity contribution in [2.75, 3.05) is 11.9 Å². The van der Waals surface area contributed by atoms with Crippen LogP contribution in [0.2, 0.25) is 5.02 Å². The van der Waals surface area contributed by atoms with Crippen LogP contribution in [0.4, 0.5) is 14.9 Å². The van der Waals surface area contributed by atoms with E-state index in [1.54, 1.807) is 11.6 Å². The van der Waals surface area contributed by atoms with Crippen molar-refractivity contribution in [2.24, 2.45) is 0 Å². The molecule has 2 aromatic rings. The van der Waals surface area contributed by atoms with Gasteiger partial charge in [0.05, 0.1) is 17.3 Å². The van der Waals surface area contributed by atoms with Gasteiger partial charge in [0.25, 0.3) is 0 Å². The summed E-state index contributed by atoms with van der Waals surface area (Å²) in [5.41, 5.74) is 0.350. The van der Waals surface area contributed by atoms with Crippen molar-refractivity contribution in [3.8, 4) is 0 Å². The molecule has 112 valence electrons. The summed E-state index contributed by atoms with van der Waals surface area (Å²) in [6, 6.07) is 3.35. The summed E-state index contributed by atoms with van der Waals surface area (Å²) in [6.45, 7) is 4.55. The Morgan fingerprint density at radius 3 is 2.81 bits per heavy atom. The molecular weight excluding hydrogens is 297 g/mol. The number of aromatic nitrogens is 3. The number of carbonyl (C=O) groups is 1. The maximum Gasteiger partial charge on any atom is 0.319 e. The van der Waals surface area contributed by atoms with Crippen LogP contribution in [0.1, 0.15) is 11.6 Å². The molecule has 0 saturated carbocycles. The molecule has 0 spiro atoms. The molecule has 1 aromatic heterocycles. The molecule has 1 heterocycles. The van der Waals surface area contributed by atoms with Gasteiger partial charge < -0.3 is 10.6 Å². The van der Waals surface area contributed by atoms with E-state index in [-0.39, 0.29) is 5.02 Å². The normalized spacial score (nSPS) is 10.5. The number of nitrogens with zero attached hydrogens (tertiary/aromatic N) is 3. The van der Waals surface area contributed by atoms with Crippen molar-refractivity contribution in [2.45, 2.75) is 20.4 Å². The molecule has 0 aliphatic carbocycles. The fourth-order valence-electron chi connectivity index (χ4n) is 1.81. The third kappa shape index (κ3) is 4.16. The van der Waals surface area contributed by atoms with E-state index in [9.17, 15) is 9.18 Å². The summed E-state index contributed by atoms with van der Waals surface area (Å²) in [6.07, 6.45) is 0. The van der Waals surface area contributed by atoms with Crippen LogP contribution in [0.15, 0.2) is 18.2 Å². The summed E-state index contributed by atoms with van der Waals surface area (Å²) in [7, 11) is 0. The van der Waals surface area contributed by atoms with Crippen molar-refractivity contribution in [3.63, 3.8) is 0 Å². The lowest BCUT2D eigenvalue weighted by molar-refractivity contribution is 0.251. The Morgan fingerprint density at radius 1 is 1.43 bits per heavy atom. The van der Waals surface area contributed by atoms with E-state index in [1.165, 1.54) is 12.1 Å². The highest BCUT2D eigenvalue weighted by atomic mass is 35.5. The highest BCUT2D eigenvalue weighted by Crippen LogP contribution is 2.22. The van der Waals surface area contributed by atoms with Crippen LogP contribution in [-0.2, 0) is 6.54 Å². The first-order valence-corrected chi connectivity index (χ1v) is 6.71. The maximum absolute atomic E-state index is 12.9. The lowest BCUT2D eigenvalue weighted by Crippen LogP contribution is -2.32. The van der Waals surface area contributed by atoms with E-state index >= 15 is 0 Å². The summed E-state index contributed by atoms with van der Waals surface area (Å²) in [5.74, 6) is 1.02. The predicted molar refractivity (Wildman–Crippen MR) is 77.9 cm³/mol. The Labute approximate surface area is 126 Å². The highest BCUT2D eigenvalue weighted by molar-refractivity contribution is 6.33. The van der Waals surface area contributed by atoms with E-state index < -0.39 is 11.8 Å². The maximum atomic E-state index is 12.9. The van der Waals surface area contributed by atoms with Gasteiger partial charge in [0.1, 0.15) is 17.5 Å². The zero-order valence-electron chi connectivity index (χ0n) is 11.7. The molecule has 2 N–H and O–H groups in total. The second-order valence-corrected chi connectivity index (χ2v) is 4.84. The fourth-order valence-corrected chi connectivity index (χ4v) is 2.02. The van der Waals surface area contributed by atoms with Gasteiger partial charge in [0.15, 0.2) is 0 Å². The first kappa shape index (κ1) is 15.2. The van der Waals surface area contributed by atoms with Crippen molar-refractivity contribution in [3.05, 3.63) is 40.7 Å². The fraction of sp³-hybridized carbons (Fsp3) is 0.308. The van der Waals surface area contributed by atoms with Crippen LogP contribution in [0.5, 0.6) is 0 Å². The summed E-state index contributed by atoms with van der Waals surface area (Å²) < 4.78 is 14.6. The number of benzene rings is 1. The molecule has 6 nitrogen and oxygen atoms in total. The number of hydrogen-bond acceptors (Lipinski definition) is 3. The number of nitrogens with one attached hydrogen (secondary N) is 2. The molecule has 0 fully saturated rings. The number of amides is 2. The van der Waals surface area contributed by atoms with Crippen LogP contribution < -0.4 is 10.6 Å². The molecule has 0 radical (unpaired) electrons. The molecule has 21 heavy (non-hydrogen) atoms. The number of urea groups is 1. The standard InChI is InChI=1S/C13H15ClFN5O/c1-8-17-9(2)20(19-8)6-5-16-13(21)18-12-4-3-10(15)7-11(12)14/h3-4,7H,5-6H2,1-2H3,(H2,16,18,21). The van der Waals surface area contributed by atoms with Crippen molar-refractivity contribution >= 4 is 23.3 Å². The molecule has 1 aromatic carbocycles. The minimum absolute atomic E-state index is 0.146. The van der Waals surface area contributed by atoms with Gasteiger partial charge in [-0.15, -0.1) is 0 Å². The zero-order valence-corrected chi connectivity index (χ0v) is 12.4. The number of rotatable bonds is 4. The van der Waals surface area contributed by atoms with E-state index in [0.29, 0.717) is 24.6 Å². The Bertz CT molecular complexity index is 658. The van der Waals surface area contributed by atoms with Crippen molar-refractivity contribution in [1.82, 2.24) is 20.1 Å². The van der Waals surface area contributed by atoms with Crippen molar-refractivity contribution < 1.29 is 9.18 Å². The second-order valence-electron chi connectivity index (χ2n) is 4.43. The van der Waals surface area contributed by atoms with Crippen molar-refractivity contribution in [1.29, 1.82) is 0 Å². The molecule has 2 rings (SSSR count). The first-order valence-electron chi connectivity index (χ1n) is 6.33. The highest BCUT2D eigenvalue weighted by Gasteiger charge is 2.07. The van der Waals surface area contributed by atoms with E-state index in [0.717, 1.165) is 11.9 Å². The minimum Gasteiger partial charge on any atom is -0.336 e. The summed E-state index contributed by atoms with van der Waals surface area (Å²) in [5, 5.41) is 9.55. The third-order valence-corrected chi connectivity index (χ3v) is 3.06. The van der Waals surface area contributed by atoms with Gasteiger partial charge in [-0.3, -0.25) is 0 Å². The number of carbonyl (C=O) groups excluding carboxylic acids is 1. The SMILES string of the molecule is Cc1nc(C)n(CCNC(=O)Nc2ccc(F)cc2Cl)n1. The van der Waals surface area contributed by atoms with E-state index in [4.69, 9.17) is 11.6 Å². The Kier molecular flexibility index (Phi) is 4.74. The van der Waals surface area contributed by atoms with Crippen LogP contribution in [-0.4, -0.2) is 27.3 Å². The predicted octanol–water partition coefficient (Wildman–Crippen LogP) is 2.51. The average Bonchev–Trinajstić information content (AvgIpc) is 2.71. The van der Waals surface area contributed by atoms with E-state index in [2.05, 4.69) is 20.7 Å². The van der Waals surface area contributed by atoms with Gasteiger partial charge >= 0.3 is 6.03 Å². The Balaban J connectivity index is 1.83. The molecule has 0 unspecified atom stereocenters. The van der Waals surface area contributed by atoms with Crippen LogP contribution >= 0.6 is 11.6 Å². The molecular formula is C13H15ClFN5O. The molecule has 2 amide bonds. The lowest BCUT2D eigenvalue weighted by Gasteiger charge is -2.09. The third-order valence-electron chi connectivity index (χ3n) is 2.75. The molecule has 8 heteroatoms. The second kappa shape index (κ2) is 6.53. The van der Waals surface area contributed by atoms with Crippen LogP contribution in [0, 0.1) is 19.7 Å². The molecule has 0 aliphatic rings. The largest absolute Gasteiger partial charge is 0.336 e. The average molecular weight is 312 g/mol. The summed E-state index contributed by atoms with van der Waals surface area (Å²) in [4.78, 5) is 15.9. The van der Waals surface area contributed by atoms with Gasteiger partial charge in [-0.1, -0.05) is 11.6 Å². The molecule has 0 atom stereocenters. The number of anilines is 1. The van der Waals surface area contributed by atoms with E-state index in [1.807, 2.05) is 6.92 Å². The van der Waals surface area contributed by atoms with Gasteiger partial charge in [-0.2, -0.15) is 5.10 Å². The van der Waals surface area contributed by atoms with Gasteiger partial charge in [0, 0.05) is 6.54 Å². The number of hydrogen-bond donors (Lipinski definition) is 2. The molecule has 0 saturated heterocycles. The minimum atomic E-state index is -0.456. The number of halogens is 2. The summed E-state index contributed by atoms with van der Waals surface area (Å²) >= 11 is 5.82. The van der Waals surface area contributed by atoms with Gasteiger partial charge in [-0.25, -0.2) is 18.9 Å². The lowest BCUT2D eigenvalue weighted by atomic mass is 10.3. The van der Waals surface area contributed by atoms with Gasteiger partial charge in [0.2, 0.25) is 0 Å². The van der Waals surface area contributed by atoms with Gasteiger partial charge in [-0.05, 0) is 32.0 Å². The molecule has 0 bridgehead atoms. The monoisotopic (exact) mass is 311 g/mol. The zero-order chi connectivity index (χ0) is 15.4. The van der Waals surface area contributed by atoms with Crippen LogP contribution in [0.3, 0.4) is 0 Å². The topological polar surface area (TPSA) is 71.8 Å². The Morgan fingerprint density at radius 2 is 2.19 bits per heavy atom.